The van der Waals surface area contributed by atoms with Gasteiger partial charge in [0.25, 0.3) is 0 Å². The van der Waals surface area contributed by atoms with Gasteiger partial charge in [-0.05, 0) is 20.8 Å². The summed E-state index contributed by atoms with van der Waals surface area (Å²) in [5.41, 5.74) is 1.61. The molecule has 0 unspecified atom stereocenters. The largest absolute Gasteiger partial charge is 0.442 e. The summed E-state index contributed by atoms with van der Waals surface area (Å²) in [5.74, 6) is 0. The van der Waals surface area contributed by atoms with Gasteiger partial charge in [-0.3, -0.25) is 4.84 Å². The first-order valence-corrected chi connectivity index (χ1v) is 14.4. The fraction of sp³-hybridized carbons (Fsp3) is 0.963. The second-order valence-electron chi connectivity index (χ2n) is 9.30. The molecule has 0 aliphatic carbocycles. The van der Waals surface area contributed by atoms with Gasteiger partial charge in [0.15, 0.2) is 0 Å². The van der Waals surface area contributed by atoms with E-state index in [1.807, 2.05) is 0 Å². The Morgan fingerprint density at radius 3 is 0.929 bits per heavy atom. The number of hydroxylamine groups is 1. The van der Waals surface area contributed by atoms with Gasteiger partial charge in [0.05, 0.1) is 145 Å². The molecule has 1 amide bonds. The van der Waals surface area contributed by atoms with Gasteiger partial charge in [-0.1, -0.05) is 0 Å². The van der Waals surface area contributed by atoms with Crippen molar-refractivity contribution >= 4 is 6.09 Å². The molecule has 15 heteroatoms. The van der Waals surface area contributed by atoms with E-state index in [9.17, 15) is 4.79 Å². The maximum absolute atomic E-state index is 11.4. The van der Waals surface area contributed by atoms with Gasteiger partial charge in [-0.25, -0.2) is 4.79 Å². The molecule has 0 heterocycles. The molecule has 0 rings (SSSR count). The number of carbonyl (C=O) groups is 1. The fourth-order valence-electron chi connectivity index (χ4n) is 2.66. The number of aliphatic hydroxyl groups is 1. The predicted octanol–water partition coefficient (Wildman–Crippen LogP) is 0.601. The monoisotopic (exact) mass is 617 g/mol. The van der Waals surface area contributed by atoms with E-state index in [0.29, 0.717) is 132 Å². The van der Waals surface area contributed by atoms with Crippen molar-refractivity contribution < 1.29 is 66.8 Å². The zero-order chi connectivity index (χ0) is 30.8. The first kappa shape index (κ1) is 40.8. The Morgan fingerprint density at radius 2 is 0.690 bits per heavy atom. The van der Waals surface area contributed by atoms with Crippen molar-refractivity contribution in [2.45, 2.75) is 26.4 Å². The van der Waals surface area contributed by atoms with E-state index in [4.69, 9.17) is 62.0 Å². The molecule has 0 radical (unpaired) electrons. The van der Waals surface area contributed by atoms with Crippen LogP contribution in [0.1, 0.15) is 20.8 Å². The lowest BCUT2D eigenvalue weighted by molar-refractivity contribution is -0.0382. The van der Waals surface area contributed by atoms with Crippen LogP contribution in [0.4, 0.5) is 4.79 Å². The molecular weight excluding hydrogens is 562 g/mol. The molecule has 0 fully saturated rings. The second-order valence-corrected chi connectivity index (χ2v) is 9.30. The summed E-state index contributed by atoms with van der Waals surface area (Å²) < 4.78 is 58.7. The highest BCUT2D eigenvalue weighted by Gasteiger charge is 2.15. The third kappa shape index (κ3) is 36.8. The van der Waals surface area contributed by atoms with Crippen molar-refractivity contribution in [3.8, 4) is 0 Å². The van der Waals surface area contributed by atoms with Crippen LogP contribution in [0, 0.1) is 0 Å². The molecule has 0 bridgehead atoms. The van der Waals surface area contributed by atoms with Crippen LogP contribution >= 0.6 is 0 Å². The molecule has 0 aromatic heterocycles. The summed E-state index contributed by atoms with van der Waals surface area (Å²) in [5, 5.41) is 8.57. The Bertz CT molecular complexity index is 553. The zero-order valence-corrected chi connectivity index (χ0v) is 25.8. The normalized spacial score (nSPS) is 11.7. The van der Waals surface area contributed by atoms with Crippen molar-refractivity contribution in [2.75, 3.05) is 145 Å². The number of hydrogen-bond donors (Lipinski definition) is 2. The van der Waals surface area contributed by atoms with E-state index in [0.717, 1.165) is 0 Å². The highest BCUT2D eigenvalue weighted by molar-refractivity contribution is 5.66. The van der Waals surface area contributed by atoms with Crippen molar-refractivity contribution in [1.29, 1.82) is 0 Å². The van der Waals surface area contributed by atoms with Crippen molar-refractivity contribution in [1.82, 2.24) is 5.48 Å². The summed E-state index contributed by atoms with van der Waals surface area (Å²) in [6.45, 7) is 14.8. The molecule has 0 saturated carbocycles. The molecular formula is C27H55NO14. The number of amides is 1. The topological polar surface area (TPSA) is 160 Å². The number of rotatable bonds is 33. The van der Waals surface area contributed by atoms with Gasteiger partial charge in [0.1, 0.15) is 5.60 Å². The van der Waals surface area contributed by atoms with Gasteiger partial charge >= 0.3 is 6.09 Å². The van der Waals surface area contributed by atoms with Crippen LogP contribution in [0.5, 0.6) is 0 Å². The Morgan fingerprint density at radius 1 is 0.452 bits per heavy atom. The summed E-state index contributed by atoms with van der Waals surface area (Å²) in [6.07, 6.45) is -0.638. The molecule has 15 nitrogen and oxygen atoms in total. The second kappa shape index (κ2) is 32.7. The molecule has 0 aromatic rings. The average Bonchev–Trinajstić information content (AvgIpc) is 2.94. The molecule has 0 atom stereocenters. The van der Waals surface area contributed by atoms with Crippen LogP contribution in [0.2, 0.25) is 0 Å². The Kier molecular flexibility index (Phi) is 31.8. The molecule has 0 aliphatic heterocycles. The first-order chi connectivity index (χ1) is 20.5. The van der Waals surface area contributed by atoms with Crippen molar-refractivity contribution in [3.63, 3.8) is 0 Å². The molecule has 42 heavy (non-hydrogen) atoms. The van der Waals surface area contributed by atoms with Gasteiger partial charge in [-0.15, -0.1) is 0 Å². The minimum absolute atomic E-state index is 0.0211. The Balaban J connectivity index is 3.09. The van der Waals surface area contributed by atoms with Crippen LogP contribution in [-0.2, 0) is 56.9 Å². The van der Waals surface area contributed by atoms with E-state index in [1.165, 1.54) is 0 Å². The molecule has 0 spiro atoms. The summed E-state index contributed by atoms with van der Waals surface area (Å²) >= 11 is 0. The van der Waals surface area contributed by atoms with Gasteiger partial charge in [0.2, 0.25) is 0 Å². The van der Waals surface area contributed by atoms with E-state index in [2.05, 4.69) is 5.48 Å². The molecule has 0 aromatic carbocycles. The zero-order valence-electron chi connectivity index (χ0n) is 25.8. The average molecular weight is 618 g/mol. The Labute approximate surface area is 250 Å². The molecule has 252 valence electrons. The first-order valence-electron chi connectivity index (χ1n) is 14.4. The number of carbonyl (C=O) groups excluding carboxylic acids is 1. The van der Waals surface area contributed by atoms with Crippen molar-refractivity contribution in [2.24, 2.45) is 0 Å². The van der Waals surface area contributed by atoms with Crippen LogP contribution in [0.3, 0.4) is 0 Å². The molecule has 2 N–H and O–H groups in total. The minimum Gasteiger partial charge on any atom is -0.442 e. The summed E-state index contributed by atoms with van der Waals surface area (Å²) in [7, 11) is 0. The number of hydrogen-bond acceptors (Lipinski definition) is 14. The predicted molar refractivity (Wildman–Crippen MR) is 151 cm³/mol. The quantitative estimate of drug-likeness (QED) is 0.0778. The highest BCUT2D eigenvalue weighted by Crippen LogP contribution is 2.06. The van der Waals surface area contributed by atoms with Gasteiger partial charge < -0.3 is 57.2 Å². The van der Waals surface area contributed by atoms with E-state index < -0.39 is 11.7 Å². The van der Waals surface area contributed by atoms with Crippen LogP contribution in [-0.4, -0.2) is 162 Å². The number of ether oxygens (including phenoxy) is 11. The lowest BCUT2D eigenvalue weighted by atomic mass is 10.2. The van der Waals surface area contributed by atoms with Crippen LogP contribution in [0.25, 0.3) is 0 Å². The lowest BCUT2D eigenvalue weighted by Crippen LogP contribution is -2.33. The summed E-state index contributed by atoms with van der Waals surface area (Å²) in [4.78, 5) is 16.3. The van der Waals surface area contributed by atoms with Crippen LogP contribution in [0.15, 0.2) is 0 Å². The van der Waals surface area contributed by atoms with Gasteiger partial charge in [-0.2, -0.15) is 5.48 Å². The fourth-order valence-corrected chi connectivity index (χ4v) is 2.66. The molecule has 0 saturated heterocycles. The maximum atomic E-state index is 11.4. The standard InChI is InChI=1S/C27H55NO14/c1-27(2,3)42-26(30)28-41-25-24-40-23-22-39-21-20-38-19-18-37-17-16-36-15-14-35-13-12-34-11-10-33-9-8-32-7-6-31-5-4-29/h29H,4-25H2,1-3H3,(H,28,30). The highest BCUT2D eigenvalue weighted by atomic mass is 16.7. The van der Waals surface area contributed by atoms with Crippen LogP contribution < -0.4 is 5.48 Å². The van der Waals surface area contributed by atoms with E-state index in [1.54, 1.807) is 20.8 Å². The lowest BCUT2D eigenvalue weighted by Gasteiger charge is -2.19. The van der Waals surface area contributed by atoms with Gasteiger partial charge in [0, 0.05) is 0 Å². The number of nitrogens with one attached hydrogen (secondary N) is 1. The van der Waals surface area contributed by atoms with E-state index in [-0.39, 0.29) is 13.2 Å². The van der Waals surface area contributed by atoms with E-state index >= 15 is 0 Å². The molecule has 0 aliphatic rings. The maximum Gasteiger partial charge on any atom is 0.431 e. The number of aliphatic hydroxyl groups excluding tert-OH is 1. The minimum atomic E-state index is -0.638. The Hall–Kier alpha value is -1.21. The smallest absolute Gasteiger partial charge is 0.431 e. The summed E-state index contributed by atoms with van der Waals surface area (Å²) in [6, 6.07) is 0. The third-order valence-corrected chi connectivity index (χ3v) is 4.47. The SMILES string of the molecule is CC(C)(C)OC(=O)NOCCOCCOCCOCCOCCOCCOCCOCCOCCOCCOCCO. The third-order valence-electron chi connectivity index (χ3n) is 4.47. The van der Waals surface area contributed by atoms with Crippen molar-refractivity contribution in [3.05, 3.63) is 0 Å².